The summed E-state index contributed by atoms with van der Waals surface area (Å²) in [5.41, 5.74) is 6.21. The molecular weight excluding hydrogens is 212 g/mol. The van der Waals surface area contributed by atoms with Gasteiger partial charge in [0.1, 0.15) is 6.10 Å². The van der Waals surface area contributed by atoms with Crippen LogP contribution in [0.1, 0.15) is 18.1 Å². The molecule has 0 radical (unpaired) electrons. The molecule has 0 bridgehead atoms. The van der Waals surface area contributed by atoms with Gasteiger partial charge < -0.3 is 20.7 Å². The normalized spacial score (nSPS) is 14.2. The van der Waals surface area contributed by atoms with Crippen LogP contribution in [0.5, 0.6) is 0 Å². The summed E-state index contributed by atoms with van der Waals surface area (Å²) in [6.45, 7) is 0. The fraction of sp³-hybridized carbons (Fsp3) is 0.400. The summed E-state index contributed by atoms with van der Waals surface area (Å²) in [5, 5.41) is 19.2. The Morgan fingerprint density at radius 1 is 1.56 bits per heavy atom. The number of aromatic nitrogens is 1. The van der Waals surface area contributed by atoms with Crippen molar-refractivity contribution in [3.8, 4) is 0 Å². The maximum absolute atomic E-state index is 10.9. The maximum Gasteiger partial charge on any atom is 0.308 e. The van der Waals surface area contributed by atoms with Crippen molar-refractivity contribution in [1.82, 2.24) is 4.98 Å². The number of methoxy groups -OCH3 is 1. The van der Waals surface area contributed by atoms with Crippen molar-refractivity contribution in [2.45, 2.75) is 18.6 Å². The molecule has 0 saturated heterocycles. The standard InChI is InChI=1S/C10H14N2O4/c1-16-9(14)3-8(13)10(15)6-2-7(11)5-12-4-6/h2,4-5,8,10,13,15H,3,11H2,1H3. The zero-order valence-corrected chi connectivity index (χ0v) is 8.83. The number of anilines is 1. The van der Waals surface area contributed by atoms with E-state index in [4.69, 9.17) is 5.73 Å². The van der Waals surface area contributed by atoms with E-state index in [-0.39, 0.29) is 6.42 Å². The van der Waals surface area contributed by atoms with Crippen molar-refractivity contribution < 1.29 is 19.7 Å². The fourth-order valence-electron chi connectivity index (χ4n) is 1.23. The smallest absolute Gasteiger partial charge is 0.308 e. The van der Waals surface area contributed by atoms with Crippen LogP contribution in [-0.4, -0.2) is 34.4 Å². The van der Waals surface area contributed by atoms with E-state index in [0.29, 0.717) is 11.3 Å². The molecule has 0 spiro atoms. The monoisotopic (exact) mass is 226 g/mol. The maximum atomic E-state index is 10.9. The lowest BCUT2D eigenvalue weighted by molar-refractivity contribution is -0.144. The second-order valence-corrected chi connectivity index (χ2v) is 3.34. The molecule has 1 aromatic rings. The predicted octanol–water partition coefficient (Wildman–Crippen LogP) is -0.379. The average Bonchev–Trinajstić information content (AvgIpc) is 2.27. The van der Waals surface area contributed by atoms with E-state index in [2.05, 4.69) is 9.72 Å². The Labute approximate surface area is 92.7 Å². The summed E-state index contributed by atoms with van der Waals surface area (Å²) < 4.78 is 4.38. The number of rotatable bonds is 4. The van der Waals surface area contributed by atoms with Crippen LogP contribution in [0, 0.1) is 0 Å². The first-order chi connectivity index (χ1) is 7.54. The first-order valence-electron chi connectivity index (χ1n) is 4.68. The number of nitrogen functional groups attached to an aromatic ring is 1. The first kappa shape index (κ1) is 12.4. The molecule has 0 fully saturated rings. The second-order valence-electron chi connectivity index (χ2n) is 3.34. The van der Waals surface area contributed by atoms with Crippen LogP contribution in [-0.2, 0) is 9.53 Å². The van der Waals surface area contributed by atoms with Gasteiger partial charge in [-0.1, -0.05) is 0 Å². The number of aliphatic hydroxyl groups excluding tert-OH is 2. The Morgan fingerprint density at radius 3 is 2.81 bits per heavy atom. The Morgan fingerprint density at radius 2 is 2.25 bits per heavy atom. The summed E-state index contributed by atoms with van der Waals surface area (Å²) in [6, 6.07) is 1.48. The van der Waals surface area contributed by atoms with Crippen molar-refractivity contribution in [2.24, 2.45) is 0 Å². The Bertz CT molecular complexity index is 370. The SMILES string of the molecule is COC(=O)CC(O)C(O)c1cncc(N)c1. The quantitative estimate of drug-likeness (QED) is 0.604. The largest absolute Gasteiger partial charge is 0.469 e. The number of hydrogen-bond donors (Lipinski definition) is 3. The molecule has 16 heavy (non-hydrogen) atoms. The average molecular weight is 226 g/mol. The predicted molar refractivity (Wildman–Crippen MR) is 56.2 cm³/mol. The third kappa shape index (κ3) is 3.18. The van der Waals surface area contributed by atoms with Crippen molar-refractivity contribution in [2.75, 3.05) is 12.8 Å². The Hall–Kier alpha value is -1.66. The minimum absolute atomic E-state index is 0.285. The number of nitrogens with two attached hydrogens (primary N) is 1. The lowest BCUT2D eigenvalue weighted by Gasteiger charge is -2.16. The van der Waals surface area contributed by atoms with Gasteiger partial charge in [0, 0.05) is 18.0 Å². The number of pyridine rings is 1. The molecule has 1 rings (SSSR count). The molecule has 1 heterocycles. The summed E-state index contributed by atoms with van der Waals surface area (Å²) in [5.74, 6) is -0.594. The third-order valence-electron chi connectivity index (χ3n) is 2.09. The Kier molecular flexibility index (Phi) is 4.21. The van der Waals surface area contributed by atoms with Gasteiger partial charge in [0.2, 0.25) is 0 Å². The molecule has 2 atom stereocenters. The molecular formula is C10H14N2O4. The van der Waals surface area contributed by atoms with Crippen LogP contribution >= 0.6 is 0 Å². The van der Waals surface area contributed by atoms with Crippen molar-refractivity contribution in [3.63, 3.8) is 0 Å². The van der Waals surface area contributed by atoms with E-state index in [1.165, 1.54) is 25.6 Å². The molecule has 0 aliphatic heterocycles. The number of nitrogens with zero attached hydrogens (tertiary/aromatic N) is 1. The summed E-state index contributed by atoms with van der Waals surface area (Å²) >= 11 is 0. The summed E-state index contributed by atoms with van der Waals surface area (Å²) in [6.07, 6.45) is 0.0582. The van der Waals surface area contributed by atoms with E-state index < -0.39 is 18.2 Å². The molecule has 88 valence electrons. The van der Waals surface area contributed by atoms with Gasteiger partial charge in [0.15, 0.2) is 0 Å². The highest BCUT2D eigenvalue weighted by atomic mass is 16.5. The number of aliphatic hydroxyl groups is 2. The molecule has 6 heteroatoms. The topological polar surface area (TPSA) is 106 Å². The van der Waals surface area contributed by atoms with Gasteiger partial charge in [-0.3, -0.25) is 9.78 Å². The lowest BCUT2D eigenvalue weighted by atomic mass is 10.0. The van der Waals surface area contributed by atoms with E-state index >= 15 is 0 Å². The number of ether oxygens (including phenoxy) is 1. The zero-order valence-electron chi connectivity index (χ0n) is 8.83. The van der Waals surface area contributed by atoms with E-state index in [1.807, 2.05) is 0 Å². The van der Waals surface area contributed by atoms with E-state index in [1.54, 1.807) is 0 Å². The van der Waals surface area contributed by atoms with Gasteiger partial charge in [-0.15, -0.1) is 0 Å². The van der Waals surface area contributed by atoms with Crippen LogP contribution in [0.25, 0.3) is 0 Å². The number of esters is 1. The highest BCUT2D eigenvalue weighted by Gasteiger charge is 2.22. The van der Waals surface area contributed by atoms with Gasteiger partial charge in [0.05, 0.1) is 25.3 Å². The fourth-order valence-corrected chi connectivity index (χ4v) is 1.23. The molecule has 6 nitrogen and oxygen atoms in total. The van der Waals surface area contributed by atoms with Crippen LogP contribution in [0.15, 0.2) is 18.5 Å². The van der Waals surface area contributed by atoms with Crippen molar-refractivity contribution in [3.05, 3.63) is 24.0 Å². The zero-order chi connectivity index (χ0) is 12.1. The molecule has 0 aliphatic carbocycles. The number of hydrogen-bond acceptors (Lipinski definition) is 6. The van der Waals surface area contributed by atoms with Crippen molar-refractivity contribution in [1.29, 1.82) is 0 Å². The molecule has 1 aromatic heterocycles. The van der Waals surface area contributed by atoms with Gasteiger partial charge in [-0.25, -0.2) is 0 Å². The first-order valence-corrected chi connectivity index (χ1v) is 4.68. The molecule has 0 aliphatic rings. The van der Waals surface area contributed by atoms with Crippen LogP contribution in [0.3, 0.4) is 0 Å². The molecule has 0 amide bonds. The van der Waals surface area contributed by atoms with Gasteiger partial charge in [-0.2, -0.15) is 0 Å². The minimum Gasteiger partial charge on any atom is -0.469 e. The summed E-state index contributed by atoms with van der Waals surface area (Å²) in [7, 11) is 1.21. The van der Waals surface area contributed by atoms with Crippen molar-refractivity contribution >= 4 is 11.7 Å². The third-order valence-corrected chi connectivity index (χ3v) is 2.09. The second kappa shape index (κ2) is 5.43. The lowest BCUT2D eigenvalue weighted by Crippen LogP contribution is -2.22. The molecule has 0 aromatic carbocycles. The molecule has 4 N–H and O–H groups in total. The van der Waals surface area contributed by atoms with Crippen LogP contribution in [0.2, 0.25) is 0 Å². The van der Waals surface area contributed by atoms with E-state index in [9.17, 15) is 15.0 Å². The van der Waals surface area contributed by atoms with Crippen LogP contribution < -0.4 is 5.73 Å². The van der Waals surface area contributed by atoms with Gasteiger partial charge in [0.25, 0.3) is 0 Å². The highest BCUT2D eigenvalue weighted by molar-refractivity contribution is 5.69. The summed E-state index contributed by atoms with van der Waals surface area (Å²) in [4.78, 5) is 14.7. The minimum atomic E-state index is -1.24. The van der Waals surface area contributed by atoms with Gasteiger partial charge >= 0.3 is 5.97 Å². The number of carbonyl (C=O) groups is 1. The molecule has 2 unspecified atom stereocenters. The number of carbonyl (C=O) groups excluding carboxylic acids is 1. The van der Waals surface area contributed by atoms with Crippen LogP contribution in [0.4, 0.5) is 5.69 Å². The highest BCUT2D eigenvalue weighted by Crippen LogP contribution is 2.19. The van der Waals surface area contributed by atoms with Gasteiger partial charge in [-0.05, 0) is 6.07 Å². The Balaban J connectivity index is 2.70. The van der Waals surface area contributed by atoms with E-state index in [0.717, 1.165) is 0 Å². The molecule has 0 saturated carbocycles.